The molecule has 4 nitrogen and oxygen atoms in total. The molecule has 0 aromatic carbocycles. The highest BCUT2D eigenvalue weighted by atomic mass is 19.1. The van der Waals surface area contributed by atoms with Crippen molar-refractivity contribution >= 4 is 12.6 Å². The van der Waals surface area contributed by atoms with Crippen molar-refractivity contribution in [2.24, 2.45) is 0 Å². The standard InChI is InChI=1S/C13H19BFNO3/c1-8-10(15)9(7-16-11(8)17-6)14-18-12(2,3)13(4,5)19-14/h7H,1-6H3. The first-order chi connectivity index (χ1) is 8.69. The summed E-state index contributed by atoms with van der Waals surface area (Å²) in [5.41, 5.74) is -0.345. The van der Waals surface area contributed by atoms with E-state index in [0.717, 1.165) is 0 Å². The fourth-order valence-electron chi connectivity index (χ4n) is 1.93. The number of methoxy groups -OCH3 is 1. The third kappa shape index (κ3) is 2.23. The van der Waals surface area contributed by atoms with E-state index in [2.05, 4.69) is 4.98 Å². The number of halogens is 1. The summed E-state index contributed by atoms with van der Waals surface area (Å²) in [5.74, 6) is -0.122. The van der Waals surface area contributed by atoms with Gasteiger partial charge >= 0.3 is 7.12 Å². The second kappa shape index (κ2) is 4.46. The molecule has 0 N–H and O–H groups in total. The molecule has 1 fully saturated rings. The SMILES string of the molecule is COc1ncc(B2OC(C)(C)C(C)(C)O2)c(F)c1C. The van der Waals surface area contributed by atoms with Crippen LogP contribution in [0.1, 0.15) is 33.3 Å². The number of ether oxygens (including phenoxy) is 1. The molecule has 0 spiro atoms. The Balaban J connectivity index is 2.38. The predicted molar refractivity (Wildman–Crippen MR) is 71.2 cm³/mol. The molecule has 0 aliphatic carbocycles. The smallest absolute Gasteiger partial charge is 0.481 e. The molecular formula is C13H19BFNO3. The zero-order chi connectivity index (χ0) is 14.4. The van der Waals surface area contributed by atoms with Gasteiger partial charge in [0.2, 0.25) is 5.88 Å². The van der Waals surface area contributed by atoms with Crippen LogP contribution in [0.5, 0.6) is 5.88 Å². The van der Waals surface area contributed by atoms with Crippen LogP contribution in [0.25, 0.3) is 0 Å². The number of hydrogen-bond donors (Lipinski definition) is 0. The van der Waals surface area contributed by atoms with E-state index in [4.69, 9.17) is 14.0 Å². The van der Waals surface area contributed by atoms with Crippen LogP contribution in [-0.2, 0) is 9.31 Å². The van der Waals surface area contributed by atoms with E-state index >= 15 is 0 Å². The van der Waals surface area contributed by atoms with Crippen molar-refractivity contribution in [3.05, 3.63) is 17.6 Å². The summed E-state index contributed by atoms with van der Waals surface area (Å²) in [4.78, 5) is 4.08. The topological polar surface area (TPSA) is 40.6 Å². The molecule has 0 amide bonds. The van der Waals surface area contributed by atoms with Crippen molar-refractivity contribution in [2.75, 3.05) is 7.11 Å². The third-order valence-corrected chi connectivity index (χ3v) is 3.92. The molecule has 104 valence electrons. The summed E-state index contributed by atoms with van der Waals surface area (Å²) >= 11 is 0. The first-order valence-corrected chi connectivity index (χ1v) is 6.24. The molecule has 6 heteroatoms. The minimum Gasteiger partial charge on any atom is -0.481 e. The summed E-state index contributed by atoms with van der Waals surface area (Å²) in [5, 5.41) is 0. The first-order valence-electron chi connectivity index (χ1n) is 6.24. The monoisotopic (exact) mass is 267 g/mol. The fourth-order valence-corrected chi connectivity index (χ4v) is 1.93. The molecule has 1 aliphatic rings. The Bertz CT molecular complexity index is 489. The quantitative estimate of drug-likeness (QED) is 0.766. The maximum Gasteiger partial charge on any atom is 0.499 e. The molecule has 0 atom stereocenters. The second-order valence-electron chi connectivity index (χ2n) is 5.75. The summed E-state index contributed by atoms with van der Waals surface area (Å²) in [6.07, 6.45) is 1.41. The molecule has 19 heavy (non-hydrogen) atoms. The van der Waals surface area contributed by atoms with Gasteiger partial charge < -0.3 is 14.0 Å². The van der Waals surface area contributed by atoms with Crippen LogP contribution < -0.4 is 10.2 Å². The van der Waals surface area contributed by atoms with Crippen LogP contribution >= 0.6 is 0 Å². The van der Waals surface area contributed by atoms with E-state index in [9.17, 15) is 4.39 Å². The molecular weight excluding hydrogens is 248 g/mol. The summed E-state index contributed by atoms with van der Waals surface area (Å²) < 4.78 is 31.0. The minimum absolute atomic E-state index is 0.276. The van der Waals surface area contributed by atoms with E-state index in [1.807, 2.05) is 27.7 Å². The van der Waals surface area contributed by atoms with Crippen LogP contribution in [0.3, 0.4) is 0 Å². The molecule has 0 bridgehead atoms. The minimum atomic E-state index is -0.748. The van der Waals surface area contributed by atoms with Crippen LogP contribution in [0.4, 0.5) is 4.39 Å². The van der Waals surface area contributed by atoms with E-state index in [1.165, 1.54) is 13.3 Å². The summed E-state index contributed by atoms with van der Waals surface area (Å²) in [7, 11) is 0.713. The van der Waals surface area contributed by atoms with Gasteiger partial charge in [0.15, 0.2) is 0 Å². The fraction of sp³-hybridized carbons (Fsp3) is 0.615. The maximum absolute atomic E-state index is 14.3. The Morgan fingerprint density at radius 1 is 1.21 bits per heavy atom. The summed E-state index contributed by atoms with van der Waals surface area (Å²) in [6.45, 7) is 9.32. The Morgan fingerprint density at radius 2 is 1.74 bits per heavy atom. The van der Waals surface area contributed by atoms with Crippen molar-refractivity contribution in [3.8, 4) is 5.88 Å². The van der Waals surface area contributed by atoms with Crippen LogP contribution in [0, 0.1) is 12.7 Å². The highest BCUT2D eigenvalue weighted by Crippen LogP contribution is 2.36. The lowest BCUT2D eigenvalue weighted by Gasteiger charge is -2.32. The zero-order valence-electron chi connectivity index (χ0n) is 12.2. The van der Waals surface area contributed by atoms with Gasteiger partial charge in [-0.15, -0.1) is 0 Å². The van der Waals surface area contributed by atoms with Crippen molar-refractivity contribution in [1.82, 2.24) is 4.98 Å². The van der Waals surface area contributed by atoms with Crippen LogP contribution in [0.2, 0.25) is 0 Å². The summed E-state index contributed by atoms with van der Waals surface area (Å²) in [6, 6.07) is 0. The van der Waals surface area contributed by atoms with Gasteiger partial charge in [-0.05, 0) is 34.6 Å². The van der Waals surface area contributed by atoms with Gasteiger partial charge in [0.1, 0.15) is 5.82 Å². The lowest BCUT2D eigenvalue weighted by Crippen LogP contribution is -2.41. The van der Waals surface area contributed by atoms with Crippen molar-refractivity contribution < 1.29 is 18.4 Å². The first kappa shape index (κ1) is 14.3. The molecule has 0 saturated carbocycles. The molecule has 0 unspecified atom stereocenters. The van der Waals surface area contributed by atoms with Gasteiger partial charge in [0.05, 0.1) is 18.3 Å². The second-order valence-corrected chi connectivity index (χ2v) is 5.75. The van der Waals surface area contributed by atoms with Gasteiger partial charge in [-0.1, -0.05) is 0 Å². The van der Waals surface area contributed by atoms with Gasteiger partial charge in [-0.25, -0.2) is 9.37 Å². The highest BCUT2D eigenvalue weighted by molar-refractivity contribution is 6.62. The number of aromatic nitrogens is 1. The normalized spacial score (nSPS) is 20.7. The molecule has 0 radical (unpaired) electrons. The Kier molecular flexibility index (Phi) is 3.35. The van der Waals surface area contributed by atoms with Crippen LogP contribution in [0.15, 0.2) is 6.20 Å². The average Bonchev–Trinajstić information content (AvgIpc) is 2.51. The van der Waals surface area contributed by atoms with Crippen molar-refractivity contribution in [3.63, 3.8) is 0 Å². The zero-order valence-corrected chi connectivity index (χ0v) is 12.2. The Hall–Kier alpha value is -1.14. The molecule has 1 saturated heterocycles. The number of nitrogens with zero attached hydrogens (tertiary/aromatic N) is 1. The van der Waals surface area contributed by atoms with Gasteiger partial charge in [0, 0.05) is 17.2 Å². The Labute approximate surface area is 113 Å². The van der Waals surface area contributed by atoms with E-state index in [0.29, 0.717) is 11.0 Å². The highest BCUT2D eigenvalue weighted by Gasteiger charge is 2.52. The largest absolute Gasteiger partial charge is 0.499 e. The van der Waals surface area contributed by atoms with E-state index in [-0.39, 0.29) is 5.88 Å². The Morgan fingerprint density at radius 3 is 2.21 bits per heavy atom. The molecule has 2 heterocycles. The van der Waals surface area contributed by atoms with Gasteiger partial charge in [-0.3, -0.25) is 0 Å². The molecule has 1 aromatic heterocycles. The lowest BCUT2D eigenvalue weighted by atomic mass is 9.79. The van der Waals surface area contributed by atoms with Crippen molar-refractivity contribution in [2.45, 2.75) is 45.8 Å². The predicted octanol–water partition coefficient (Wildman–Crippen LogP) is 1.84. The van der Waals surface area contributed by atoms with Gasteiger partial charge in [-0.2, -0.15) is 0 Å². The number of hydrogen-bond acceptors (Lipinski definition) is 4. The molecule has 1 aromatic rings. The lowest BCUT2D eigenvalue weighted by molar-refractivity contribution is 0.00578. The molecule has 2 rings (SSSR count). The van der Waals surface area contributed by atoms with Crippen molar-refractivity contribution in [1.29, 1.82) is 0 Å². The van der Waals surface area contributed by atoms with Crippen LogP contribution in [-0.4, -0.2) is 30.4 Å². The molecule has 1 aliphatic heterocycles. The average molecular weight is 267 g/mol. The number of pyridine rings is 1. The maximum atomic E-state index is 14.3. The number of rotatable bonds is 2. The van der Waals surface area contributed by atoms with E-state index in [1.54, 1.807) is 6.92 Å². The third-order valence-electron chi connectivity index (χ3n) is 3.92. The van der Waals surface area contributed by atoms with Gasteiger partial charge in [0.25, 0.3) is 0 Å². The van der Waals surface area contributed by atoms with E-state index < -0.39 is 24.1 Å².